The molecule has 0 saturated heterocycles. The Morgan fingerprint density at radius 1 is 0.410 bits per heavy atom. The zero-order chi connectivity index (χ0) is 25.5. The molecule has 0 unspecified atom stereocenters. The highest BCUT2D eigenvalue weighted by Crippen LogP contribution is 2.42. The molecule has 0 aliphatic rings. The van der Waals surface area contributed by atoms with Gasteiger partial charge >= 0.3 is 0 Å². The fraction of sp³-hybridized carbons (Fsp3) is 0. The molecule has 0 bridgehead atoms. The van der Waals surface area contributed by atoms with Crippen molar-refractivity contribution in [2.75, 3.05) is 0 Å². The van der Waals surface area contributed by atoms with Crippen LogP contribution in [0.2, 0.25) is 0 Å². The standard InChI is InChI=1S/C36H22N2O/c1-2-12-25(13-3-1)38-32-17-9-7-15-28(32)35-30-21-29-27-14-6-8-16-31(27)37(33(29)22-34(30)39-36(35)38)26-19-18-23-10-4-5-11-24(23)20-26/h1-22H. The normalized spacial score (nSPS) is 12.1. The van der Waals surface area contributed by atoms with Gasteiger partial charge in [0.1, 0.15) is 5.58 Å². The van der Waals surface area contributed by atoms with E-state index in [2.05, 4.69) is 137 Å². The first-order chi connectivity index (χ1) is 19.3. The summed E-state index contributed by atoms with van der Waals surface area (Å²) in [6, 6.07) is 47.5. The molecule has 0 N–H and O–H groups in total. The van der Waals surface area contributed by atoms with Gasteiger partial charge in [-0.2, -0.15) is 0 Å². The third kappa shape index (κ3) is 2.82. The molecule has 39 heavy (non-hydrogen) atoms. The van der Waals surface area contributed by atoms with Gasteiger partial charge in [-0.3, -0.25) is 4.57 Å². The van der Waals surface area contributed by atoms with Gasteiger partial charge in [0.05, 0.1) is 21.9 Å². The average Bonchev–Trinajstić information content (AvgIpc) is 3.62. The molecule has 0 saturated carbocycles. The van der Waals surface area contributed by atoms with E-state index in [1.54, 1.807) is 0 Å². The highest BCUT2D eigenvalue weighted by molar-refractivity contribution is 6.24. The number of hydrogen-bond donors (Lipinski definition) is 0. The van der Waals surface area contributed by atoms with Crippen molar-refractivity contribution < 1.29 is 4.42 Å². The second kappa shape index (κ2) is 7.62. The van der Waals surface area contributed by atoms with Gasteiger partial charge in [-0.05, 0) is 53.2 Å². The van der Waals surface area contributed by atoms with Crippen molar-refractivity contribution in [3.63, 3.8) is 0 Å². The molecular formula is C36H22N2O. The van der Waals surface area contributed by atoms with Gasteiger partial charge in [-0.1, -0.05) is 84.9 Å². The van der Waals surface area contributed by atoms with E-state index in [1.807, 2.05) is 6.07 Å². The minimum Gasteiger partial charge on any atom is -0.439 e. The number of nitrogens with zero attached hydrogens (tertiary/aromatic N) is 2. The lowest BCUT2D eigenvalue weighted by Crippen LogP contribution is -1.93. The van der Waals surface area contributed by atoms with Crippen molar-refractivity contribution in [2.24, 2.45) is 0 Å². The highest BCUT2D eigenvalue weighted by Gasteiger charge is 2.21. The van der Waals surface area contributed by atoms with E-state index < -0.39 is 0 Å². The molecule has 0 spiro atoms. The number of para-hydroxylation sites is 3. The van der Waals surface area contributed by atoms with Gasteiger partial charge in [0.2, 0.25) is 5.71 Å². The summed E-state index contributed by atoms with van der Waals surface area (Å²) in [5, 5.41) is 8.45. The summed E-state index contributed by atoms with van der Waals surface area (Å²) < 4.78 is 11.3. The lowest BCUT2D eigenvalue weighted by atomic mass is 10.1. The van der Waals surface area contributed by atoms with Crippen LogP contribution in [0.4, 0.5) is 0 Å². The molecule has 3 heteroatoms. The van der Waals surface area contributed by atoms with E-state index in [9.17, 15) is 0 Å². The number of furan rings is 1. The van der Waals surface area contributed by atoms with Crippen LogP contribution < -0.4 is 0 Å². The molecule has 3 heterocycles. The maximum atomic E-state index is 6.74. The van der Waals surface area contributed by atoms with Gasteiger partial charge < -0.3 is 8.98 Å². The van der Waals surface area contributed by atoms with Crippen molar-refractivity contribution in [3.05, 3.63) is 133 Å². The number of aromatic nitrogens is 2. The summed E-state index contributed by atoms with van der Waals surface area (Å²) in [4.78, 5) is 0. The van der Waals surface area contributed by atoms with Gasteiger partial charge in [-0.25, -0.2) is 0 Å². The van der Waals surface area contributed by atoms with E-state index in [0.29, 0.717) is 0 Å². The molecule has 0 atom stereocenters. The molecule has 0 radical (unpaired) electrons. The lowest BCUT2D eigenvalue weighted by molar-refractivity contribution is 0.646. The first-order valence-corrected chi connectivity index (χ1v) is 13.3. The van der Waals surface area contributed by atoms with Crippen LogP contribution in [0.1, 0.15) is 0 Å². The van der Waals surface area contributed by atoms with E-state index in [-0.39, 0.29) is 0 Å². The summed E-state index contributed by atoms with van der Waals surface area (Å²) in [5.41, 5.74) is 7.51. The molecule has 3 nitrogen and oxygen atoms in total. The summed E-state index contributed by atoms with van der Waals surface area (Å²) in [5.74, 6) is 0. The van der Waals surface area contributed by atoms with E-state index in [4.69, 9.17) is 4.42 Å². The largest absolute Gasteiger partial charge is 0.439 e. The minimum absolute atomic E-state index is 0.881. The van der Waals surface area contributed by atoms with Gasteiger partial charge in [0.15, 0.2) is 0 Å². The molecule has 0 aliphatic carbocycles. The predicted octanol–water partition coefficient (Wildman–Crippen LogP) is 9.78. The molecule has 6 aromatic carbocycles. The Kier molecular flexibility index (Phi) is 4.05. The second-order valence-electron chi connectivity index (χ2n) is 10.2. The molecule has 9 rings (SSSR count). The maximum absolute atomic E-state index is 6.74. The van der Waals surface area contributed by atoms with Crippen LogP contribution in [0.25, 0.3) is 76.9 Å². The summed E-state index contributed by atoms with van der Waals surface area (Å²) in [6.07, 6.45) is 0. The second-order valence-corrected chi connectivity index (χ2v) is 10.2. The van der Waals surface area contributed by atoms with Crippen molar-refractivity contribution in [2.45, 2.75) is 0 Å². The SMILES string of the molecule is c1ccc(-n2c3ccccc3c3c4cc5c6ccccc6n(-c6ccc7ccccc7c6)c5cc4oc32)cc1. The molecule has 0 amide bonds. The van der Waals surface area contributed by atoms with Crippen molar-refractivity contribution >= 4 is 65.6 Å². The molecule has 0 fully saturated rings. The molecule has 0 aliphatic heterocycles. The molecular weight excluding hydrogens is 476 g/mol. The molecule has 182 valence electrons. The number of hydrogen-bond acceptors (Lipinski definition) is 1. The average molecular weight is 499 g/mol. The first kappa shape index (κ1) is 20.7. The topological polar surface area (TPSA) is 23.0 Å². The quantitative estimate of drug-likeness (QED) is 0.233. The lowest BCUT2D eigenvalue weighted by Gasteiger charge is -2.09. The zero-order valence-corrected chi connectivity index (χ0v) is 21.0. The Balaban J connectivity index is 1.42. The minimum atomic E-state index is 0.881. The Morgan fingerprint density at radius 2 is 1.10 bits per heavy atom. The Hall–Kier alpha value is -5.28. The summed E-state index contributed by atoms with van der Waals surface area (Å²) in [7, 11) is 0. The van der Waals surface area contributed by atoms with Crippen LogP contribution in [-0.4, -0.2) is 9.13 Å². The Morgan fingerprint density at radius 3 is 1.95 bits per heavy atom. The van der Waals surface area contributed by atoms with Crippen LogP contribution in [0.15, 0.2) is 138 Å². The molecule has 3 aromatic heterocycles. The predicted molar refractivity (Wildman–Crippen MR) is 162 cm³/mol. The summed E-state index contributed by atoms with van der Waals surface area (Å²) >= 11 is 0. The summed E-state index contributed by atoms with van der Waals surface area (Å²) in [6.45, 7) is 0. The third-order valence-corrected chi connectivity index (χ3v) is 8.09. The zero-order valence-electron chi connectivity index (χ0n) is 21.0. The highest BCUT2D eigenvalue weighted by atomic mass is 16.3. The van der Waals surface area contributed by atoms with Crippen LogP contribution in [0.5, 0.6) is 0 Å². The van der Waals surface area contributed by atoms with Crippen molar-refractivity contribution in [1.82, 2.24) is 9.13 Å². The van der Waals surface area contributed by atoms with E-state index >= 15 is 0 Å². The maximum Gasteiger partial charge on any atom is 0.213 e. The first-order valence-electron chi connectivity index (χ1n) is 13.3. The number of benzene rings is 6. The number of fused-ring (bicyclic) bond motifs is 9. The van der Waals surface area contributed by atoms with Crippen molar-refractivity contribution in [1.29, 1.82) is 0 Å². The van der Waals surface area contributed by atoms with Gasteiger partial charge in [0.25, 0.3) is 0 Å². The fourth-order valence-electron chi connectivity index (χ4n) is 6.38. The smallest absolute Gasteiger partial charge is 0.213 e. The fourth-order valence-corrected chi connectivity index (χ4v) is 6.38. The van der Waals surface area contributed by atoms with Crippen molar-refractivity contribution in [3.8, 4) is 11.4 Å². The Bertz CT molecular complexity index is 2390. The van der Waals surface area contributed by atoms with E-state index in [0.717, 1.165) is 44.5 Å². The van der Waals surface area contributed by atoms with E-state index in [1.165, 1.54) is 32.4 Å². The van der Waals surface area contributed by atoms with Crippen LogP contribution in [-0.2, 0) is 0 Å². The third-order valence-electron chi connectivity index (χ3n) is 8.09. The van der Waals surface area contributed by atoms with Gasteiger partial charge in [0, 0.05) is 39.0 Å². The van der Waals surface area contributed by atoms with Crippen LogP contribution >= 0.6 is 0 Å². The Labute approximate surface area is 223 Å². The van der Waals surface area contributed by atoms with Crippen LogP contribution in [0.3, 0.4) is 0 Å². The molecule has 9 aromatic rings. The van der Waals surface area contributed by atoms with Gasteiger partial charge in [-0.15, -0.1) is 0 Å². The monoisotopic (exact) mass is 498 g/mol. The van der Waals surface area contributed by atoms with Crippen LogP contribution in [0, 0.1) is 0 Å². The number of rotatable bonds is 2.